The molecule has 0 aliphatic heterocycles. The molecular formula is C3H7O2. The molecule has 1 N–H and O–H groups in total. The molecule has 0 rings (SSSR count). The molecule has 1 radical (unpaired) electrons. The van der Waals surface area contributed by atoms with Gasteiger partial charge in [-0.1, -0.05) is 0 Å². The highest BCUT2D eigenvalue weighted by atomic mass is 16.6. The Morgan fingerprint density at radius 2 is 2.20 bits per heavy atom. The fraction of sp³-hybridized carbons (Fsp3) is 0.667. The van der Waals surface area contributed by atoms with Gasteiger partial charge in [0.2, 0.25) is 0 Å². The van der Waals surface area contributed by atoms with Gasteiger partial charge in [-0.3, -0.25) is 0 Å². The van der Waals surface area contributed by atoms with Crippen molar-refractivity contribution >= 4 is 0 Å². The third-order valence-electron chi connectivity index (χ3n) is 0.272. The van der Waals surface area contributed by atoms with Gasteiger partial charge in [0.25, 0.3) is 0 Å². The summed E-state index contributed by atoms with van der Waals surface area (Å²) in [4.78, 5) is 0. The maximum Gasteiger partial charge on any atom is 0.154 e. The Kier molecular flexibility index (Phi) is 2.14. The van der Waals surface area contributed by atoms with E-state index in [-0.39, 0.29) is 0 Å². The molecule has 0 amide bonds. The Bertz CT molecular complexity index is 18.9. The Balaban J connectivity index is 2.54. The van der Waals surface area contributed by atoms with Gasteiger partial charge in [0.1, 0.15) is 0 Å². The molecule has 1 atom stereocenters. The predicted molar refractivity (Wildman–Crippen MR) is 18.4 cm³/mol. The minimum absolute atomic E-state index is 0.866. The first-order valence-electron chi connectivity index (χ1n) is 1.31. The number of rotatable bonds is 1. The van der Waals surface area contributed by atoms with Crippen molar-refractivity contribution in [2.75, 3.05) is 7.11 Å². The maximum atomic E-state index is 8.03. The highest BCUT2D eigenvalue weighted by molar-refractivity contribution is 4.33. The molecule has 0 aliphatic rings. The standard InChI is InChI=1S/C3H7O2/c1-3(4)5-2/h3-4H,1H2,2H3/t3-/m1/s1. The summed E-state index contributed by atoms with van der Waals surface area (Å²) in [5, 5.41) is 8.03. The van der Waals surface area contributed by atoms with Crippen LogP contribution >= 0.6 is 0 Å². The Hall–Kier alpha value is -0.0800. The van der Waals surface area contributed by atoms with Crippen LogP contribution in [0.15, 0.2) is 0 Å². The Morgan fingerprint density at radius 3 is 2.20 bits per heavy atom. The summed E-state index contributed by atoms with van der Waals surface area (Å²) in [6.45, 7) is 3.09. The van der Waals surface area contributed by atoms with Crippen molar-refractivity contribution in [2.45, 2.75) is 6.29 Å². The molecule has 0 aromatic rings. The van der Waals surface area contributed by atoms with Crippen molar-refractivity contribution in [3.8, 4) is 0 Å². The van der Waals surface area contributed by atoms with E-state index in [1.165, 1.54) is 7.11 Å². The molecule has 0 aromatic heterocycles. The van der Waals surface area contributed by atoms with Crippen molar-refractivity contribution in [2.24, 2.45) is 0 Å². The van der Waals surface area contributed by atoms with Crippen molar-refractivity contribution in [3.05, 3.63) is 6.92 Å². The number of hydrogen-bond donors (Lipinski definition) is 1. The Labute approximate surface area is 31.4 Å². The van der Waals surface area contributed by atoms with Gasteiger partial charge in [-0.25, -0.2) is 0 Å². The fourth-order valence-electron chi connectivity index (χ4n) is 0. The van der Waals surface area contributed by atoms with E-state index < -0.39 is 6.29 Å². The quantitative estimate of drug-likeness (QED) is 0.437. The molecule has 0 aliphatic carbocycles. The summed E-state index contributed by atoms with van der Waals surface area (Å²) in [7, 11) is 1.39. The van der Waals surface area contributed by atoms with Crippen LogP contribution in [-0.2, 0) is 4.74 Å². The second kappa shape index (κ2) is 2.18. The lowest BCUT2D eigenvalue weighted by Crippen LogP contribution is -2.00. The topological polar surface area (TPSA) is 29.5 Å². The summed E-state index contributed by atoms with van der Waals surface area (Å²) in [6, 6.07) is 0. The van der Waals surface area contributed by atoms with Crippen LogP contribution in [0, 0.1) is 6.92 Å². The third kappa shape index (κ3) is 3.92. The molecule has 0 saturated heterocycles. The lowest BCUT2D eigenvalue weighted by atomic mass is 10.8. The molecule has 0 spiro atoms. The number of hydrogen-bond acceptors (Lipinski definition) is 2. The maximum absolute atomic E-state index is 8.03. The molecular weight excluding hydrogens is 68.0 g/mol. The number of aliphatic hydroxyl groups is 1. The molecule has 0 bridgehead atoms. The first kappa shape index (κ1) is 4.92. The highest BCUT2D eigenvalue weighted by Crippen LogP contribution is 1.71. The van der Waals surface area contributed by atoms with E-state index in [1.807, 2.05) is 0 Å². The van der Waals surface area contributed by atoms with Crippen molar-refractivity contribution in [3.63, 3.8) is 0 Å². The van der Waals surface area contributed by atoms with Gasteiger partial charge < -0.3 is 9.84 Å². The summed E-state index contributed by atoms with van der Waals surface area (Å²) >= 11 is 0. The molecule has 31 valence electrons. The van der Waals surface area contributed by atoms with Crippen LogP contribution in [0.2, 0.25) is 0 Å². The van der Waals surface area contributed by atoms with Gasteiger partial charge in [-0.2, -0.15) is 0 Å². The summed E-state index contributed by atoms with van der Waals surface area (Å²) in [5.74, 6) is 0. The fourth-order valence-corrected chi connectivity index (χ4v) is 0. The van der Waals surface area contributed by atoms with Gasteiger partial charge in [-0.15, -0.1) is 0 Å². The van der Waals surface area contributed by atoms with Gasteiger partial charge >= 0.3 is 0 Å². The first-order chi connectivity index (χ1) is 2.27. The van der Waals surface area contributed by atoms with Crippen LogP contribution in [0.5, 0.6) is 0 Å². The SMILES string of the molecule is [CH2][C@H](O)OC. The largest absolute Gasteiger partial charge is 0.368 e. The number of ether oxygens (including phenoxy) is 1. The zero-order chi connectivity index (χ0) is 4.28. The molecule has 0 heterocycles. The van der Waals surface area contributed by atoms with Crippen LogP contribution in [0.3, 0.4) is 0 Å². The summed E-state index contributed by atoms with van der Waals surface area (Å²) in [6.07, 6.45) is -0.866. The normalized spacial score (nSPS) is 15.0. The molecule has 0 fully saturated rings. The van der Waals surface area contributed by atoms with Gasteiger partial charge in [0.15, 0.2) is 6.29 Å². The third-order valence-corrected chi connectivity index (χ3v) is 0.272. The molecule has 0 saturated carbocycles. The van der Waals surface area contributed by atoms with Crippen LogP contribution in [-0.4, -0.2) is 18.5 Å². The van der Waals surface area contributed by atoms with E-state index in [0.717, 1.165) is 0 Å². The van der Waals surface area contributed by atoms with Crippen LogP contribution in [0.25, 0.3) is 0 Å². The van der Waals surface area contributed by atoms with E-state index in [0.29, 0.717) is 0 Å². The molecule has 0 aromatic carbocycles. The Morgan fingerprint density at radius 1 is 2.00 bits per heavy atom. The minimum atomic E-state index is -0.866. The molecule has 2 heteroatoms. The second-order valence-electron chi connectivity index (χ2n) is 0.690. The molecule has 2 nitrogen and oxygen atoms in total. The van der Waals surface area contributed by atoms with E-state index in [9.17, 15) is 0 Å². The first-order valence-corrected chi connectivity index (χ1v) is 1.31. The van der Waals surface area contributed by atoms with E-state index in [1.54, 1.807) is 0 Å². The number of methoxy groups -OCH3 is 1. The monoisotopic (exact) mass is 75.0 g/mol. The van der Waals surface area contributed by atoms with Crippen molar-refractivity contribution < 1.29 is 9.84 Å². The summed E-state index contributed by atoms with van der Waals surface area (Å²) in [5.41, 5.74) is 0. The highest BCUT2D eigenvalue weighted by Gasteiger charge is 1.80. The average molecular weight is 75.1 g/mol. The van der Waals surface area contributed by atoms with Gasteiger partial charge in [-0.05, 0) is 0 Å². The van der Waals surface area contributed by atoms with Gasteiger partial charge in [0, 0.05) is 14.0 Å². The second-order valence-corrected chi connectivity index (χ2v) is 0.690. The molecule has 5 heavy (non-hydrogen) atoms. The zero-order valence-corrected chi connectivity index (χ0v) is 3.14. The predicted octanol–water partition coefficient (Wildman–Crippen LogP) is -0.215. The van der Waals surface area contributed by atoms with Crippen LogP contribution in [0.4, 0.5) is 0 Å². The number of aliphatic hydroxyl groups excluding tert-OH is 1. The zero-order valence-electron chi connectivity index (χ0n) is 3.14. The lowest BCUT2D eigenvalue weighted by Gasteiger charge is -1.93. The van der Waals surface area contributed by atoms with Crippen LogP contribution in [0.1, 0.15) is 0 Å². The van der Waals surface area contributed by atoms with Crippen molar-refractivity contribution in [1.82, 2.24) is 0 Å². The smallest absolute Gasteiger partial charge is 0.154 e. The van der Waals surface area contributed by atoms with E-state index >= 15 is 0 Å². The summed E-state index contributed by atoms with van der Waals surface area (Å²) < 4.78 is 4.19. The van der Waals surface area contributed by atoms with Crippen LogP contribution < -0.4 is 0 Å². The average Bonchev–Trinajstić information content (AvgIpc) is 1.38. The van der Waals surface area contributed by atoms with E-state index in [4.69, 9.17) is 5.11 Å². The van der Waals surface area contributed by atoms with Crippen molar-refractivity contribution in [1.29, 1.82) is 0 Å². The lowest BCUT2D eigenvalue weighted by molar-refractivity contribution is -0.0379. The van der Waals surface area contributed by atoms with Gasteiger partial charge in [0.05, 0.1) is 0 Å². The molecule has 0 unspecified atom stereocenters. The van der Waals surface area contributed by atoms with E-state index in [2.05, 4.69) is 11.7 Å². The minimum Gasteiger partial charge on any atom is -0.368 e.